The molecule has 2 aromatic rings. The van der Waals surface area contributed by atoms with Crippen LogP contribution in [0.25, 0.3) is 0 Å². The van der Waals surface area contributed by atoms with E-state index in [1.54, 1.807) is 24.1 Å². The monoisotopic (exact) mass is 232 g/mol. The summed E-state index contributed by atoms with van der Waals surface area (Å²) in [6, 6.07) is 3.89. The second-order valence-corrected chi connectivity index (χ2v) is 4.51. The Kier molecular flexibility index (Phi) is 3.77. The second kappa shape index (κ2) is 5.51. The van der Waals surface area contributed by atoms with Gasteiger partial charge in [-0.3, -0.25) is 14.8 Å². The average molecular weight is 232 g/mol. The van der Waals surface area contributed by atoms with Gasteiger partial charge >= 0.3 is 0 Å². The Bertz CT molecular complexity index is 439. The van der Waals surface area contributed by atoms with Gasteiger partial charge in [-0.25, -0.2) is 0 Å². The van der Waals surface area contributed by atoms with Gasteiger partial charge in [0.15, 0.2) is 0 Å². The van der Waals surface area contributed by atoms with Gasteiger partial charge in [0.1, 0.15) is 5.78 Å². The summed E-state index contributed by atoms with van der Waals surface area (Å²) in [6.07, 6.45) is 7.15. The Morgan fingerprint density at radius 2 is 2.06 bits per heavy atom. The van der Waals surface area contributed by atoms with Crippen molar-refractivity contribution in [3.63, 3.8) is 0 Å². The van der Waals surface area contributed by atoms with Crippen LogP contribution in [0.15, 0.2) is 36.2 Å². The van der Waals surface area contributed by atoms with Gasteiger partial charge in [0.2, 0.25) is 0 Å². The van der Waals surface area contributed by atoms with E-state index in [0.717, 1.165) is 16.9 Å². The number of pyridine rings is 1. The molecule has 0 unspecified atom stereocenters. The molecule has 0 aliphatic heterocycles. The molecule has 0 N–H and O–H groups in total. The minimum atomic E-state index is 0.265. The van der Waals surface area contributed by atoms with Gasteiger partial charge in [0.05, 0.1) is 5.51 Å². The summed E-state index contributed by atoms with van der Waals surface area (Å²) in [5, 5.41) is 0. The number of Topliss-reactive ketones (excluding diaryl/α,β-unsaturated/α-hetero) is 1. The number of rotatable bonds is 5. The van der Waals surface area contributed by atoms with Crippen molar-refractivity contribution in [1.82, 2.24) is 9.97 Å². The zero-order valence-corrected chi connectivity index (χ0v) is 9.61. The molecule has 0 aromatic carbocycles. The summed E-state index contributed by atoms with van der Waals surface area (Å²) in [4.78, 5) is 20.6. The highest BCUT2D eigenvalue weighted by Gasteiger charge is 2.05. The highest BCUT2D eigenvalue weighted by molar-refractivity contribution is 7.09. The SMILES string of the molecule is O=C(CCc1ccncc1)Cc1cncs1. The summed E-state index contributed by atoms with van der Waals surface area (Å²) in [5.41, 5.74) is 2.92. The van der Waals surface area contributed by atoms with E-state index in [2.05, 4.69) is 9.97 Å². The molecule has 0 spiro atoms. The average Bonchev–Trinajstić information content (AvgIpc) is 2.81. The smallest absolute Gasteiger partial charge is 0.138 e. The zero-order valence-electron chi connectivity index (χ0n) is 8.80. The third kappa shape index (κ3) is 3.24. The number of thiazole rings is 1. The van der Waals surface area contributed by atoms with E-state index in [0.29, 0.717) is 12.8 Å². The van der Waals surface area contributed by atoms with Gasteiger partial charge < -0.3 is 0 Å². The molecule has 2 heterocycles. The van der Waals surface area contributed by atoms with E-state index in [9.17, 15) is 4.79 Å². The van der Waals surface area contributed by atoms with Crippen LogP contribution in [-0.2, 0) is 17.6 Å². The first-order chi connectivity index (χ1) is 7.84. The number of aryl methyl sites for hydroxylation is 1. The molecular formula is C12H12N2OS. The van der Waals surface area contributed by atoms with E-state index in [1.807, 2.05) is 12.1 Å². The molecule has 4 heteroatoms. The Morgan fingerprint density at radius 1 is 1.25 bits per heavy atom. The van der Waals surface area contributed by atoms with Crippen LogP contribution < -0.4 is 0 Å². The first kappa shape index (κ1) is 11.0. The third-order valence-electron chi connectivity index (χ3n) is 2.30. The lowest BCUT2D eigenvalue weighted by Crippen LogP contribution is -2.03. The Hall–Kier alpha value is -1.55. The Labute approximate surface area is 98.2 Å². The third-order valence-corrected chi connectivity index (χ3v) is 3.08. The van der Waals surface area contributed by atoms with Crippen molar-refractivity contribution < 1.29 is 4.79 Å². The summed E-state index contributed by atoms with van der Waals surface area (Å²) < 4.78 is 0. The summed E-state index contributed by atoms with van der Waals surface area (Å²) in [6.45, 7) is 0. The lowest BCUT2D eigenvalue weighted by Gasteiger charge is -1.99. The van der Waals surface area contributed by atoms with Gasteiger partial charge in [-0.05, 0) is 24.1 Å². The van der Waals surface area contributed by atoms with Crippen molar-refractivity contribution in [1.29, 1.82) is 0 Å². The molecule has 0 fully saturated rings. The van der Waals surface area contributed by atoms with Crippen molar-refractivity contribution in [3.8, 4) is 0 Å². The number of hydrogen-bond acceptors (Lipinski definition) is 4. The van der Waals surface area contributed by atoms with Crippen LogP contribution in [0.1, 0.15) is 16.9 Å². The Balaban J connectivity index is 1.80. The molecule has 2 rings (SSSR count). The maximum Gasteiger partial charge on any atom is 0.138 e. The quantitative estimate of drug-likeness (QED) is 0.794. The fraction of sp³-hybridized carbons (Fsp3) is 0.250. The number of carbonyl (C=O) groups excluding carboxylic acids is 1. The molecule has 2 aromatic heterocycles. The highest BCUT2D eigenvalue weighted by Crippen LogP contribution is 2.09. The van der Waals surface area contributed by atoms with Crippen molar-refractivity contribution in [2.75, 3.05) is 0 Å². The maximum atomic E-state index is 11.6. The molecule has 0 amide bonds. The van der Waals surface area contributed by atoms with Crippen LogP contribution in [0.4, 0.5) is 0 Å². The lowest BCUT2D eigenvalue weighted by atomic mass is 10.1. The Morgan fingerprint density at radius 3 is 2.75 bits per heavy atom. The first-order valence-electron chi connectivity index (χ1n) is 5.12. The maximum absolute atomic E-state index is 11.6. The van der Waals surface area contributed by atoms with Crippen LogP contribution in [0.5, 0.6) is 0 Å². The largest absolute Gasteiger partial charge is 0.299 e. The minimum absolute atomic E-state index is 0.265. The topological polar surface area (TPSA) is 42.9 Å². The molecule has 0 saturated carbocycles. The summed E-state index contributed by atoms with van der Waals surface area (Å²) in [5.74, 6) is 0.265. The van der Waals surface area contributed by atoms with Crippen molar-refractivity contribution in [2.24, 2.45) is 0 Å². The predicted molar refractivity (Wildman–Crippen MR) is 63.4 cm³/mol. The van der Waals surface area contributed by atoms with Crippen molar-refractivity contribution in [3.05, 3.63) is 46.7 Å². The molecule has 0 bridgehead atoms. The van der Waals surface area contributed by atoms with Crippen molar-refractivity contribution >= 4 is 17.1 Å². The van der Waals surface area contributed by atoms with E-state index in [4.69, 9.17) is 0 Å². The molecule has 0 saturated heterocycles. The number of nitrogens with zero attached hydrogens (tertiary/aromatic N) is 2. The van der Waals surface area contributed by atoms with Crippen LogP contribution in [0.2, 0.25) is 0 Å². The van der Waals surface area contributed by atoms with Gasteiger partial charge in [-0.2, -0.15) is 0 Å². The van der Waals surface area contributed by atoms with Crippen LogP contribution in [0.3, 0.4) is 0 Å². The van der Waals surface area contributed by atoms with E-state index in [1.165, 1.54) is 11.3 Å². The zero-order chi connectivity index (χ0) is 11.2. The lowest BCUT2D eigenvalue weighted by molar-refractivity contribution is -0.118. The van der Waals surface area contributed by atoms with E-state index >= 15 is 0 Å². The van der Waals surface area contributed by atoms with E-state index < -0.39 is 0 Å². The molecule has 82 valence electrons. The predicted octanol–water partition coefficient (Wildman–Crippen LogP) is 2.28. The fourth-order valence-electron chi connectivity index (χ4n) is 1.45. The molecule has 3 nitrogen and oxygen atoms in total. The fourth-order valence-corrected chi connectivity index (χ4v) is 2.07. The van der Waals surface area contributed by atoms with Gasteiger partial charge in [-0.15, -0.1) is 11.3 Å². The number of ketones is 1. The molecule has 0 atom stereocenters. The standard InChI is InChI=1S/C12H12N2OS/c15-11(7-12-8-14-9-16-12)2-1-10-3-5-13-6-4-10/h3-6,8-9H,1-2,7H2. The highest BCUT2D eigenvalue weighted by atomic mass is 32.1. The van der Waals surface area contributed by atoms with E-state index in [-0.39, 0.29) is 5.78 Å². The van der Waals surface area contributed by atoms with Gasteiger partial charge in [0, 0.05) is 36.3 Å². The van der Waals surface area contributed by atoms with Gasteiger partial charge in [0.25, 0.3) is 0 Å². The van der Waals surface area contributed by atoms with Gasteiger partial charge in [-0.1, -0.05) is 0 Å². The number of hydrogen-bond donors (Lipinski definition) is 0. The number of carbonyl (C=O) groups is 1. The first-order valence-corrected chi connectivity index (χ1v) is 6.00. The summed E-state index contributed by atoms with van der Waals surface area (Å²) >= 11 is 1.53. The van der Waals surface area contributed by atoms with Crippen LogP contribution in [-0.4, -0.2) is 15.8 Å². The van der Waals surface area contributed by atoms with Crippen LogP contribution >= 0.6 is 11.3 Å². The molecule has 0 aliphatic rings. The normalized spacial score (nSPS) is 10.2. The molecular weight excluding hydrogens is 220 g/mol. The second-order valence-electron chi connectivity index (χ2n) is 3.54. The molecule has 16 heavy (non-hydrogen) atoms. The van der Waals surface area contributed by atoms with Crippen LogP contribution in [0, 0.1) is 0 Å². The number of aromatic nitrogens is 2. The minimum Gasteiger partial charge on any atom is -0.299 e. The summed E-state index contributed by atoms with van der Waals surface area (Å²) in [7, 11) is 0. The molecule has 0 radical (unpaired) electrons. The van der Waals surface area contributed by atoms with Crippen molar-refractivity contribution in [2.45, 2.75) is 19.3 Å². The molecule has 0 aliphatic carbocycles.